The van der Waals surface area contributed by atoms with Crippen molar-refractivity contribution < 1.29 is 19.1 Å². The van der Waals surface area contributed by atoms with Gasteiger partial charge in [0.2, 0.25) is 5.91 Å². The van der Waals surface area contributed by atoms with Crippen LogP contribution in [0.4, 0.5) is 5.00 Å². The molecule has 0 aliphatic heterocycles. The van der Waals surface area contributed by atoms with Crippen LogP contribution in [0, 0.1) is 0 Å². The predicted molar refractivity (Wildman–Crippen MR) is 150 cm³/mol. The molecule has 1 N–H and O–H groups in total. The van der Waals surface area contributed by atoms with Crippen molar-refractivity contribution >= 4 is 34.3 Å². The summed E-state index contributed by atoms with van der Waals surface area (Å²) in [6, 6.07) is 25.5. The number of carbonyl (C=O) groups excluding carboxylic acids is 2. The largest absolute Gasteiger partial charge is 0.489 e. The van der Waals surface area contributed by atoms with E-state index in [1.165, 1.54) is 23.0 Å². The summed E-state index contributed by atoms with van der Waals surface area (Å²) < 4.78 is 11.1. The molecule has 5 nitrogen and oxygen atoms in total. The van der Waals surface area contributed by atoms with E-state index in [2.05, 4.69) is 12.2 Å². The van der Waals surface area contributed by atoms with Crippen molar-refractivity contribution in [2.75, 3.05) is 11.9 Å². The number of aryl methyl sites for hydroxylation is 1. The van der Waals surface area contributed by atoms with E-state index < -0.39 is 5.97 Å². The average Bonchev–Trinajstić information content (AvgIpc) is 3.35. The monoisotopic (exact) mass is 511 g/mol. The standard InChI is InChI=1S/C31H29NO4S/c1-3-22-10-15-25(16-11-22)27-21-37-30(29(27)31(34)35-4-2)32-28(33)19-14-23-12-17-26(18-13-23)36-20-24-8-6-5-7-9-24/h5-19,21H,3-4,20H2,1-2H3,(H,32,33)/b19-14+. The summed E-state index contributed by atoms with van der Waals surface area (Å²) in [6.07, 6.45) is 4.11. The zero-order chi connectivity index (χ0) is 26.0. The average molecular weight is 512 g/mol. The van der Waals surface area contributed by atoms with Gasteiger partial charge in [-0.2, -0.15) is 0 Å². The molecule has 0 radical (unpaired) electrons. The molecular formula is C31H29NO4S. The summed E-state index contributed by atoms with van der Waals surface area (Å²) in [5, 5.41) is 5.19. The Morgan fingerprint density at radius 3 is 2.30 bits per heavy atom. The Labute approximate surface area is 221 Å². The van der Waals surface area contributed by atoms with Crippen LogP contribution in [0.5, 0.6) is 5.75 Å². The quantitative estimate of drug-likeness (QED) is 0.178. The second kappa shape index (κ2) is 12.7. The van der Waals surface area contributed by atoms with Crippen molar-refractivity contribution in [3.8, 4) is 16.9 Å². The van der Waals surface area contributed by atoms with E-state index in [0.29, 0.717) is 17.2 Å². The van der Waals surface area contributed by atoms with Crippen LogP contribution in [0.15, 0.2) is 90.3 Å². The number of rotatable bonds is 10. The molecule has 0 fully saturated rings. The lowest BCUT2D eigenvalue weighted by Crippen LogP contribution is -2.12. The second-order valence-electron chi connectivity index (χ2n) is 8.29. The summed E-state index contributed by atoms with van der Waals surface area (Å²) in [7, 11) is 0. The molecular weight excluding hydrogens is 482 g/mol. The zero-order valence-electron chi connectivity index (χ0n) is 20.9. The highest BCUT2D eigenvalue weighted by Gasteiger charge is 2.22. The normalized spacial score (nSPS) is 10.9. The molecule has 1 aromatic heterocycles. The van der Waals surface area contributed by atoms with Crippen molar-refractivity contribution in [2.45, 2.75) is 26.9 Å². The number of amides is 1. The highest BCUT2D eigenvalue weighted by Crippen LogP contribution is 2.36. The van der Waals surface area contributed by atoms with Crippen molar-refractivity contribution in [2.24, 2.45) is 0 Å². The fraction of sp³-hybridized carbons (Fsp3) is 0.161. The Bertz CT molecular complexity index is 1360. The lowest BCUT2D eigenvalue weighted by atomic mass is 10.0. The molecule has 0 unspecified atom stereocenters. The predicted octanol–water partition coefficient (Wildman–Crippen LogP) is 7.39. The molecule has 0 aliphatic carbocycles. The minimum Gasteiger partial charge on any atom is -0.489 e. The van der Waals surface area contributed by atoms with E-state index in [0.717, 1.165) is 34.4 Å². The first-order valence-electron chi connectivity index (χ1n) is 12.2. The lowest BCUT2D eigenvalue weighted by molar-refractivity contribution is -0.111. The fourth-order valence-electron chi connectivity index (χ4n) is 3.73. The SMILES string of the molecule is CCOC(=O)c1c(-c2ccc(CC)cc2)csc1NC(=O)/C=C/c1ccc(OCc2ccccc2)cc1. The van der Waals surface area contributed by atoms with Crippen LogP contribution in [0.3, 0.4) is 0 Å². The molecule has 4 aromatic rings. The van der Waals surface area contributed by atoms with Gasteiger partial charge in [-0.25, -0.2) is 4.79 Å². The minimum atomic E-state index is -0.455. The third-order valence-electron chi connectivity index (χ3n) is 5.74. The first-order chi connectivity index (χ1) is 18.1. The fourth-order valence-corrected chi connectivity index (χ4v) is 4.69. The first-order valence-corrected chi connectivity index (χ1v) is 13.1. The number of hydrogen-bond donors (Lipinski definition) is 1. The van der Waals surface area contributed by atoms with Gasteiger partial charge in [0.25, 0.3) is 0 Å². The summed E-state index contributed by atoms with van der Waals surface area (Å²) in [5.41, 5.74) is 5.19. The summed E-state index contributed by atoms with van der Waals surface area (Å²) in [5.74, 6) is -0.0315. The van der Waals surface area contributed by atoms with Crippen LogP contribution >= 0.6 is 11.3 Å². The van der Waals surface area contributed by atoms with Crippen LogP contribution in [0.2, 0.25) is 0 Å². The van der Waals surface area contributed by atoms with E-state index in [9.17, 15) is 9.59 Å². The molecule has 0 aliphatic rings. The van der Waals surface area contributed by atoms with Gasteiger partial charge in [0.05, 0.1) is 6.61 Å². The van der Waals surface area contributed by atoms with Gasteiger partial charge in [-0.15, -0.1) is 11.3 Å². The number of carbonyl (C=O) groups is 2. The Morgan fingerprint density at radius 2 is 1.62 bits per heavy atom. The number of thiophene rings is 1. The molecule has 0 bridgehead atoms. The Kier molecular flexibility index (Phi) is 8.89. The van der Waals surface area contributed by atoms with Crippen LogP contribution in [0.25, 0.3) is 17.2 Å². The molecule has 0 atom stereocenters. The molecule has 188 valence electrons. The number of benzene rings is 3. The third-order valence-corrected chi connectivity index (χ3v) is 6.63. The van der Waals surface area contributed by atoms with E-state index >= 15 is 0 Å². The van der Waals surface area contributed by atoms with Crippen molar-refractivity contribution in [1.82, 2.24) is 0 Å². The van der Waals surface area contributed by atoms with E-state index in [4.69, 9.17) is 9.47 Å². The second-order valence-corrected chi connectivity index (χ2v) is 9.17. The maximum Gasteiger partial charge on any atom is 0.341 e. The van der Waals surface area contributed by atoms with Gasteiger partial charge < -0.3 is 14.8 Å². The first kappa shape index (κ1) is 25.9. The number of anilines is 1. The molecule has 0 saturated heterocycles. The Balaban J connectivity index is 1.43. The maximum atomic E-state index is 12.8. The number of hydrogen-bond acceptors (Lipinski definition) is 5. The molecule has 6 heteroatoms. The van der Waals surface area contributed by atoms with Gasteiger partial charge >= 0.3 is 5.97 Å². The smallest absolute Gasteiger partial charge is 0.341 e. The molecule has 0 saturated carbocycles. The van der Waals surface area contributed by atoms with E-state index in [-0.39, 0.29) is 12.5 Å². The molecule has 3 aromatic carbocycles. The summed E-state index contributed by atoms with van der Waals surface area (Å²) in [6.45, 7) is 4.60. The molecule has 0 spiro atoms. The van der Waals surface area contributed by atoms with Crippen LogP contribution < -0.4 is 10.1 Å². The van der Waals surface area contributed by atoms with Gasteiger partial charge in [-0.05, 0) is 53.8 Å². The highest BCUT2D eigenvalue weighted by atomic mass is 32.1. The number of nitrogens with one attached hydrogen (secondary N) is 1. The molecule has 4 rings (SSSR count). The molecule has 1 heterocycles. The van der Waals surface area contributed by atoms with Crippen molar-refractivity contribution in [3.05, 3.63) is 113 Å². The van der Waals surface area contributed by atoms with Crippen molar-refractivity contribution in [3.63, 3.8) is 0 Å². The minimum absolute atomic E-state index is 0.251. The van der Waals surface area contributed by atoms with E-state index in [1.54, 1.807) is 13.0 Å². The Morgan fingerprint density at radius 1 is 0.892 bits per heavy atom. The van der Waals surface area contributed by atoms with Crippen LogP contribution in [0.1, 0.15) is 40.9 Å². The number of esters is 1. The Hall–Kier alpha value is -4.16. The summed E-state index contributed by atoms with van der Waals surface area (Å²) >= 11 is 1.31. The topological polar surface area (TPSA) is 64.6 Å². The molecule has 37 heavy (non-hydrogen) atoms. The van der Waals surface area contributed by atoms with Gasteiger partial charge in [0.15, 0.2) is 0 Å². The van der Waals surface area contributed by atoms with Crippen LogP contribution in [-0.2, 0) is 22.6 Å². The maximum absolute atomic E-state index is 12.8. The van der Waals surface area contributed by atoms with Gasteiger partial charge in [0.1, 0.15) is 22.9 Å². The van der Waals surface area contributed by atoms with Crippen molar-refractivity contribution in [1.29, 1.82) is 0 Å². The van der Waals surface area contributed by atoms with Gasteiger partial charge in [-0.1, -0.05) is 73.7 Å². The number of ether oxygens (including phenoxy) is 2. The zero-order valence-corrected chi connectivity index (χ0v) is 21.7. The third kappa shape index (κ3) is 6.96. The van der Waals surface area contributed by atoms with E-state index in [1.807, 2.05) is 84.2 Å². The summed E-state index contributed by atoms with van der Waals surface area (Å²) in [4.78, 5) is 25.5. The van der Waals surface area contributed by atoms with Gasteiger partial charge in [-0.3, -0.25) is 4.79 Å². The van der Waals surface area contributed by atoms with Crippen LogP contribution in [-0.4, -0.2) is 18.5 Å². The van der Waals surface area contributed by atoms with Gasteiger partial charge in [0, 0.05) is 17.0 Å². The highest BCUT2D eigenvalue weighted by molar-refractivity contribution is 7.15. The molecule has 1 amide bonds. The lowest BCUT2D eigenvalue weighted by Gasteiger charge is -2.08.